The third kappa shape index (κ3) is 7.72. The van der Waals surface area contributed by atoms with Crippen LogP contribution in [0.2, 0.25) is 0 Å². The average Bonchev–Trinajstić information content (AvgIpc) is 3.66. The maximum atomic E-state index is 12.3. The standard InChI is InChI=1S/C55H55N3O/c1-34(2)39-23-24-49(45(32-39)38-15-12-11-13-16-38)58-50-18-14-17-44(51(50)57-53(58)46-27-36(4)28-47(52(46)59)55(8,9)10)41-29-42(31-43(30-41)54(5,6)7)48-33-40(25-26-56-48)37-21-19-35(3)20-22-37/h11-34,59H,1-10H3/i3D3,19D,20D,21D,22D,25D,26D,33D,34D. The fraction of sp³-hybridized carbons (Fsp3) is 0.236. The minimum absolute atomic E-state index is 0.0530. The molecule has 0 amide bonds. The lowest BCUT2D eigenvalue weighted by atomic mass is 9.83. The lowest BCUT2D eigenvalue weighted by Crippen LogP contribution is -2.12. The molecule has 0 atom stereocenters. The second-order valence-corrected chi connectivity index (χ2v) is 17.5. The molecule has 0 fully saturated rings. The largest absolute Gasteiger partial charge is 0.507 e. The summed E-state index contributed by atoms with van der Waals surface area (Å²) in [6.07, 6.45) is -0.576. The molecular formula is C55H55N3O. The first-order chi connectivity index (χ1) is 32.5. The first kappa shape index (κ1) is 28.2. The predicted molar refractivity (Wildman–Crippen MR) is 249 cm³/mol. The smallest absolute Gasteiger partial charge is 0.149 e. The number of fused-ring (bicyclic) bond motifs is 1. The fourth-order valence-electron chi connectivity index (χ4n) is 7.54. The van der Waals surface area contributed by atoms with Crippen molar-refractivity contribution in [2.24, 2.45) is 0 Å². The molecule has 0 aliphatic rings. The van der Waals surface area contributed by atoms with Crippen LogP contribution in [0.15, 0.2) is 139 Å². The Balaban J connectivity index is 1.46. The number of benzene rings is 6. The molecule has 1 N–H and O–H groups in total. The van der Waals surface area contributed by atoms with E-state index in [0.29, 0.717) is 39.1 Å². The second kappa shape index (κ2) is 15.2. The Morgan fingerprint density at radius 2 is 1.42 bits per heavy atom. The van der Waals surface area contributed by atoms with Crippen molar-refractivity contribution in [3.8, 4) is 67.5 Å². The highest BCUT2D eigenvalue weighted by Gasteiger charge is 2.27. The zero-order valence-electron chi connectivity index (χ0n) is 46.0. The predicted octanol–water partition coefficient (Wildman–Crippen LogP) is 14.8. The molecule has 8 aromatic rings. The molecule has 4 nitrogen and oxygen atoms in total. The van der Waals surface area contributed by atoms with E-state index in [0.717, 1.165) is 39.1 Å². The summed E-state index contributed by atoms with van der Waals surface area (Å²) in [6.45, 7) is 15.0. The summed E-state index contributed by atoms with van der Waals surface area (Å²) in [4.78, 5) is 9.90. The maximum absolute atomic E-state index is 12.3. The van der Waals surface area contributed by atoms with Crippen molar-refractivity contribution in [1.82, 2.24) is 14.5 Å². The van der Waals surface area contributed by atoms with Crippen molar-refractivity contribution in [2.75, 3.05) is 0 Å². The Bertz CT molecular complexity index is 3380. The quantitative estimate of drug-likeness (QED) is 0.175. The minimum Gasteiger partial charge on any atom is -0.507 e. The van der Waals surface area contributed by atoms with E-state index in [-0.39, 0.29) is 17.0 Å². The second-order valence-electron chi connectivity index (χ2n) is 17.5. The number of hydrogen-bond acceptors (Lipinski definition) is 3. The van der Waals surface area contributed by atoms with Gasteiger partial charge in [0.1, 0.15) is 11.6 Å². The topological polar surface area (TPSA) is 50.9 Å². The number of aromatic nitrogens is 3. The van der Waals surface area contributed by atoms with E-state index < -0.39 is 77.1 Å². The zero-order valence-corrected chi connectivity index (χ0v) is 35.0. The average molecular weight is 785 g/mol. The summed E-state index contributed by atoms with van der Waals surface area (Å²) in [5.41, 5.74) is 6.82. The number of pyridine rings is 1. The Morgan fingerprint density at radius 1 is 0.678 bits per heavy atom. The lowest BCUT2D eigenvalue weighted by Gasteiger charge is -2.23. The molecule has 0 saturated heterocycles. The third-order valence-corrected chi connectivity index (χ3v) is 10.7. The molecular weight excluding hydrogens is 719 g/mol. The van der Waals surface area contributed by atoms with E-state index in [2.05, 4.69) is 30.3 Å². The van der Waals surface area contributed by atoms with Gasteiger partial charge in [0.2, 0.25) is 0 Å². The van der Waals surface area contributed by atoms with E-state index in [4.69, 9.17) is 18.7 Å². The molecule has 8 rings (SSSR count). The van der Waals surface area contributed by atoms with Gasteiger partial charge in [-0.3, -0.25) is 9.55 Å². The summed E-state index contributed by atoms with van der Waals surface area (Å²) in [7, 11) is 0. The van der Waals surface area contributed by atoms with Crippen molar-refractivity contribution in [1.29, 1.82) is 0 Å². The molecule has 0 bridgehead atoms. The SMILES string of the molecule is [2H]c1nc(-c2cc(-c3cccc4c3nc(-c3cc(C)cc(C(C)(C)C)c3O)n4-c3ccc(C([2H])(C)C)cc3-c3ccccc3)cc(C(C)(C)C)c2)c([2H])c(-c2c([2H])c([2H])c(C([2H])([2H])[2H])c([2H])c2[2H])c1[2H]. The van der Waals surface area contributed by atoms with Crippen LogP contribution in [0.3, 0.4) is 0 Å². The number of imidazole rings is 1. The highest BCUT2D eigenvalue weighted by atomic mass is 16.3. The van der Waals surface area contributed by atoms with Crippen LogP contribution in [0.1, 0.15) is 104 Å². The number of rotatable bonds is 7. The molecule has 0 aliphatic carbocycles. The molecule has 0 radical (unpaired) electrons. The van der Waals surface area contributed by atoms with Gasteiger partial charge in [0.15, 0.2) is 0 Å². The summed E-state index contributed by atoms with van der Waals surface area (Å²) in [5.74, 6) is -0.336. The zero-order chi connectivity index (χ0) is 51.3. The molecule has 0 spiro atoms. The van der Waals surface area contributed by atoms with Crippen molar-refractivity contribution in [3.63, 3.8) is 0 Å². The molecule has 2 heterocycles. The first-order valence-electron chi connectivity index (χ1n) is 25.3. The monoisotopic (exact) mass is 785 g/mol. The summed E-state index contributed by atoms with van der Waals surface area (Å²) in [6, 6.07) is 27.3. The van der Waals surface area contributed by atoms with Gasteiger partial charge in [0.05, 0.1) is 37.6 Å². The van der Waals surface area contributed by atoms with Gasteiger partial charge in [-0.05, 0) is 118 Å². The van der Waals surface area contributed by atoms with Gasteiger partial charge in [-0.25, -0.2) is 4.98 Å². The summed E-state index contributed by atoms with van der Waals surface area (Å²) in [5, 5.41) is 12.3. The van der Waals surface area contributed by atoms with Crippen LogP contribution in [-0.2, 0) is 10.8 Å². The Labute approximate surface area is 365 Å². The van der Waals surface area contributed by atoms with E-state index in [1.165, 1.54) is 0 Å². The van der Waals surface area contributed by atoms with Gasteiger partial charge in [-0.2, -0.15) is 0 Å². The number of hydrogen-bond donors (Lipinski definition) is 1. The van der Waals surface area contributed by atoms with Crippen LogP contribution in [0.4, 0.5) is 0 Å². The van der Waals surface area contributed by atoms with Gasteiger partial charge >= 0.3 is 0 Å². The normalized spacial score (nSPS) is 15.2. The van der Waals surface area contributed by atoms with Crippen molar-refractivity contribution >= 4 is 11.0 Å². The minimum atomic E-state index is -2.97. The number of phenols is 1. The highest BCUT2D eigenvalue weighted by molar-refractivity contribution is 5.98. The number of para-hydroxylation sites is 1. The Morgan fingerprint density at radius 3 is 2.12 bits per heavy atom. The number of aromatic hydroxyl groups is 1. The first-order valence-corrected chi connectivity index (χ1v) is 19.8. The molecule has 296 valence electrons. The van der Waals surface area contributed by atoms with Gasteiger partial charge < -0.3 is 5.11 Å². The van der Waals surface area contributed by atoms with E-state index >= 15 is 0 Å². The molecule has 0 saturated carbocycles. The molecule has 4 heteroatoms. The van der Waals surface area contributed by atoms with Gasteiger partial charge in [0, 0.05) is 33.9 Å². The maximum Gasteiger partial charge on any atom is 0.149 e. The molecule has 0 unspecified atom stereocenters. The van der Waals surface area contributed by atoms with Crippen LogP contribution >= 0.6 is 0 Å². The van der Waals surface area contributed by atoms with Crippen LogP contribution in [-0.4, -0.2) is 19.6 Å². The van der Waals surface area contributed by atoms with E-state index in [1.807, 2.05) is 139 Å². The highest BCUT2D eigenvalue weighted by Crippen LogP contribution is 2.45. The van der Waals surface area contributed by atoms with Gasteiger partial charge in [0.25, 0.3) is 0 Å². The number of aryl methyl sites for hydroxylation is 1. The molecule has 59 heavy (non-hydrogen) atoms. The van der Waals surface area contributed by atoms with Crippen molar-refractivity contribution < 1.29 is 20.2 Å². The van der Waals surface area contributed by atoms with Gasteiger partial charge in [-0.15, -0.1) is 0 Å². The molecule has 0 aliphatic heterocycles. The van der Waals surface area contributed by atoms with Crippen LogP contribution in [0.5, 0.6) is 5.75 Å². The summed E-state index contributed by atoms with van der Waals surface area (Å²) >= 11 is 0. The number of phenolic OH excluding ortho intramolecular Hbond substituents is 1. The third-order valence-electron chi connectivity index (χ3n) is 10.7. The fourth-order valence-corrected chi connectivity index (χ4v) is 7.54. The van der Waals surface area contributed by atoms with Gasteiger partial charge in [-0.1, -0.05) is 146 Å². The Hall–Kier alpha value is -6.26. The van der Waals surface area contributed by atoms with Crippen LogP contribution < -0.4 is 0 Å². The lowest BCUT2D eigenvalue weighted by molar-refractivity contribution is 0.448. The molecule has 6 aromatic carbocycles. The molecule has 2 aromatic heterocycles. The van der Waals surface area contributed by atoms with E-state index in [1.54, 1.807) is 0 Å². The van der Waals surface area contributed by atoms with Crippen molar-refractivity contribution in [3.05, 3.63) is 167 Å². The Kier molecular flexibility index (Phi) is 7.25. The van der Waals surface area contributed by atoms with Crippen molar-refractivity contribution in [2.45, 2.75) is 85.9 Å². The van der Waals surface area contributed by atoms with E-state index in [9.17, 15) is 6.48 Å². The van der Waals surface area contributed by atoms with Crippen LogP contribution in [0, 0.1) is 13.8 Å². The van der Waals surface area contributed by atoms with Crippen LogP contribution in [0.25, 0.3) is 72.7 Å². The number of nitrogens with zero attached hydrogens (tertiary/aromatic N) is 3. The summed E-state index contributed by atoms with van der Waals surface area (Å²) < 4.78 is 97.0.